The van der Waals surface area contributed by atoms with Crippen molar-refractivity contribution in [2.24, 2.45) is 0 Å². The van der Waals surface area contributed by atoms with Crippen molar-refractivity contribution >= 4 is 34.6 Å². The first-order valence-corrected chi connectivity index (χ1v) is 14.0. The second kappa shape index (κ2) is 10.5. The number of rotatable bonds is 7. The Labute approximate surface area is 251 Å². The lowest BCUT2D eigenvalue weighted by Gasteiger charge is -2.55. The predicted molar refractivity (Wildman–Crippen MR) is 155 cm³/mol. The van der Waals surface area contributed by atoms with E-state index in [1.165, 1.54) is 11.5 Å². The average molecular weight is 602 g/mol. The summed E-state index contributed by atoms with van der Waals surface area (Å²) in [5, 5.41) is 46.0. The molecule has 0 bridgehead atoms. The summed E-state index contributed by atoms with van der Waals surface area (Å²) in [5.74, 6) is 0.788. The molecule has 0 radical (unpaired) electrons. The largest absolute Gasteiger partial charge is 0.310 e. The van der Waals surface area contributed by atoms with Crippen LogP contribution in [0.25, 0.3) is 11.3 Å². The fraction of sp³-hybridized carbons (Fsp3) is 0.0769. The number of nitrogens with zero attached hydrogens (tertiary/aromatic N) is 14. The van der Waals surface area contributed by atoms with Crippen LogP contribution in [0.2, 0.25) is 0 Å². The summed E-state index contributed by atoms with van der Waals surface area (Å²) >= 11 is 1.19. The Hall–Kier alpha value is -6.30. The minimum Gasteiger partial charge on any atom is -0.310 e. The Morgan fingerprint density at radius 3 is 2.41 bits per heavy atom. The number of anilines is 2. The second-order valence-corrected chi connectivity index (χ2v) is 10.0. The van der Waals surface area contributed by atoms with Crippen LogP contribution in [-0.2, 0) is 5.66 Å². The van der Waals surface area contributed by atoms with E-state index in [4.69, 9.17) is 9.97 Å². The van der Waals surface area contributed by atoms with Gasteiger partial charge in [0.25, 0.3) is 5.95 Å². The molecule has 7 aromatic rings. The lowest BCUT2D eigenvalue weighted by molar-refractivity contribution is 0.410. The van der Waals surface area contributed by atoms with Crippen molar-refractivity contribution in [2.75, 3.05) is 9.80 Å². The molecule has 8 heterocycles. The van der Waals surface area contributed by atoms with Crippen molar-refractivity contribution < 1.29 is 0 Å². The van der Waals surface area contributed by atoms with Gasteiger partial charge < -0.3 is 4.90 Å². The summed E-state index contributed by atoms with van der Waals surface area (Å²) in [7, 11) is 0. The third-order valence-electron chi connectivity index (χ3n) is 7.17. The van der Waals surface area contributed by atoms with Crippen LogP contribution in [0.5, 0.6) is 0 Å². The van der Waals surface area contributed by atoms with Gasteiger partial charge >= 0.3 is 0 Å². The van der Waals surface area contributed by atoms with Crippen LogP contribution in [0.4, 0.5) is 11.8 Å². The molecule has 44 heavy (non-hydrogen) atoms. The highest BCUT2D eigenvalue weighted by atomic mass is 32.1. The van der Waals surface area contributed by atoms with Crippen LogP contribution in [0.15, 0.2) is 91.2 Å². The number of tetrazole rings is 1. The number of pyridine rings is 1. The van der Waals surface area contributed by atoms with Crippen molar-refractivity contribution in [2.45, 2.75) is 11.7 Å². The topological polar surface area (TPSA) is 209 Å². The van der Waals surface area contributed by atoms with Crippen LogP contribution in [0.3, 0.4) is 0 Å². The quantitative estimate of drug-likeness (QED) is 0.239. The lowest BCUT2D eigenvalue weighted by atomic mass is 9.83. The number of hydrogen-bond donors (Lipinski definition) is 3. The molecule has 0 saturated heterocycles. The Balaban J connectivity index is 1.63. The molecular weight excluding hydrogens is 582 g/mol. The first-order valence-electron chi connectivity index (χ1n) is 13.2. The van der Waals surface area contributed by atoms with Gasteiger partial charge in [-0.2, -0.15) is 25.6 Å². The van der Waals surface area contributed by atoms with E-state index in [1.807, 2.05) is 46.7 Å². The molecule has 3 N–H and O–H groups in total. The Morgan fingerprint density at radius 1 is 0.795 bits per heavy atom. The summed E-state index contributed by atoms with van der Waals surface area (Å²) in [6.07, 6.45) is 11.6. The maximum absolute atomic E-state index is 4.81. The summed E-state index contributed by atoms with van der Waals surface area (Å²) < 4.78 is 4.29. The van der Waals surface area contributed by atoms with Crippen molar-refractivity contribution in [3.8, 4) is 0 Å². The van der Waals surface area contributed by atoms with Gasteiger partial charge in [-0.1, -0.05) is 15.7 Å². The average Bonchev–Trinajstić information content (AvgIpc) is 3.93. The van der Waals surface area contributed by atoms with Crippen LogP contribution < -0.4 is 9.80 Å². The molecule has 1 aliphatic heterocycles. The van der Waals surface area contributed by atoms with Crippen molar-refractivity contribution in [3.05, 3.63) is 120 Å². The first kappa shape index (κ1) is 25.4. The zero-order valence-electron chi connectivity index (χ0n) is 22.4. The molecule has 1 aliphatic rings. The molecule has 17 nitrogen and oxygen atoms in total. The first-order chi connectivity index (χ1) is 21.9. The maximum atomic E-state index is 4.81. The van der Waals surface area contributed by atoms with Crippen LogP contribution in [0.1, 0.15) is 34.5 Å². The van der Waals surface area contributed by atoms with E-state index in [2.05, 4.69) is 70.7 Å². The molecule has 0 amide bonds. The molecule has 214 valence electrons. The third kappa shape index (κ3) is 3.85. The number of aromatic amines is 3. The summed E-state index contributed by atoms with van der Waals surface area (Å²) in [5.41, 5.74) is 2.66. The zero-order valence-corrected chi connectivity index (χ0v) is 23.2. The van der Waals surface area contributed by atoms with E-state index in [0.717, 1.165) is 5.69 Å². The number of hydrogen-bond acceptors (Lipinski definition) is 15. The van der Waals surface area contributed by atoms with Gasteiger partial charge in [-0.3, -0.25) is 30.0 Å². The lowest BCUT2D eigenvalue weighted by Crippen LogP contribution is -2.64. The fourth-order valence-electron chi connectivity index (χ4n) is 5.61. The highest BCUT2D eigenvalue weighted by molar-refractivity contribution is 7.03. The highest BCUT2D eigenvalue weighted by Crippen LogP contribution is 2.57. The number of aromatic nitrogens is 15. The van der Waals surface area contributed by atoms with Gasteiger partial charge in [0, 0.05) is 48.0 Å². The zero-order chi connectivity index (χ0) is 29.3. The molecule has 0 aliphatic carbocycles. The van der Waals surface area contributed by atoms with Crippen molar-refractivity contribution in [1.29, 1.82) is 0 Å². The minimum atomic E-state index is -1.47. The Morgan fingerprint density at radius 2 is 1.73 bits per heavy atom. The van der Waals surface area contributed by atoms with Gasteiger partial charge in [-0.05, 0) is 47.1 Å². The van der Waals surface area contributed by atoms with Crippen LogP contribution >= 0.6 is 11.5 Å². The van der Waals surface area contributed by atoms with Crippen LogP contribution in [-0.4, -0.2) is 75.8 Å². The standard InChI is InChI=1S/C26H19N17S/c1-2-8-28-16(4-1)23-22(18-14-27-12-13-29-18)24(17-6-10-31-33-17)42(21-7-11-32-36-21)26(20-15-44-41-35-20,19-5-3-9-30-34-19)43(23)25-37-39-40-38-25/h1-15,24H,(H,31,33)(H,32,36)(H,37,38,39,40). The molecule has 0 saturated carbocycles. The van der Waals surface area contributed by atoms with E-state index in [1.54, 1.807) is 49.4 Å². The van der Waals surface area contributed by atoms with E-state index < -0.39 is 11.7 Å². The fourth-order valence-corrected chi connectivity index (χ4v) is 6.10. The highest BCUT2D eigenvalue weighted by Gasteiger charge is 2.60. The molecule has 0 aromatic carbocycles. The molecule has 8 rings (SSSR count). The normalized spacial score (nSPS) is 18.6. The minimum absolute atomic E-state index is 0.193. The third-order valence-corrected chi connectivity index (χ3v) is 7.68. The van der Waals surface area contributed by atoms with Gasteiger partial charge in [-0.15, -0.1) is 10.2 Å². The van der Waals surface area contributed by atoms with Crippen molar-refractivity contribution in [1.82, 2.24) is 75.8 Å². The van der Waals surface area contributed by atoms with Crippen molar-refractivity contribution in [3.63, 3.8) is 0 Å². The van der Waals surface area contributed by atoms with Gasteiger partial charge in [-0.25, -0.2) is 0 Å². The second-order valence-electron chi connectivity index (χ2n) is 9.41. The molecule has 0 fully saturated rings. The summed E-state index contributed by atoms with van der Waals surface area (Å²) in [6, 6.07) is 12.4. The maximum Gasteiger partial charge on any atom is 0.272 e. The summed E-state index contributed by atoms with van der Waals surface area (Å²) in [6.45, 7) is 0. The SMILES string of the molecule is c1ccc(C2=C(c3cnccn3)C(c3ccn[nH]3)N(c3ccn[nH]3)C(c3cccnn3)(c3csnn3)N2c2nn[nH]n2)nc1. The number of nitrogens with one attached hydrogen (secondary N) is 3. The molecule has 2 unspecified atom stereocenters. The molecule has 2 atom stereocenters. The Kier molecular flexibility index (Phi) is 6.07. The molecule has 18 heteroatoms. The van der Waals surface area contributed by atoms with E-state index in [-0.39, 0.29) is 5.95 Å². The van der Waals surface area contributed by atoms with E-state index >= 15 is 0 Å². The van der Waals surface area contributed by atoms with Gasteiger partial charge in [0.15, 0.2) is 0 Å². The van der Waals surface area contributed by atoms with Crippen LogP contribution in [0, 0.1) is 0 Å². The monoisotopic (exact) mass is 601 g/mol. The molecule has 0 spiro atoms. The van der Waals surface area contributed by atoms with Gasteiger partial charge in [0.2, 0.25) is 5.66 Å². The summed E-state index contributed by atoms with van der Waals surface area (Å²) in [4.78, 5) is 17.9. The molecule has 7 aromatic heterocycles. The Bertz CT molecular complexity index is 1960. The predicted octanol–water partition coefficient (Wildman–Crippen LogP) is 2.01. The van der Waals surface area contributed by atoms with Gasteiger partial charge in [0.1, 0.15) is 23.2 Å². The van der Waals surface area contributed by atoms with E-state index in [9.17, 15) is 0 Å². The number of H-pyrrole nitrogens is 3. The smallest absolute Gasteiger partial charge is 0.272 e. The molecular formula is C26H19N17S. The van der Waals surface area contributed by atoms with Gasteiger partial charge in [0.05, 0.1) is 35.2 Å². The van der Waals surface area contributed by atoms with E-state index in [0.29, 0.717) is 39.9 Å².